The maximum absolute atomic E-state index is 3.91. The van der Waals surface area contributed by atoms with Gasteiger partial charge in [0, 0.05) is 55.5 Å². The largest absolute Gasteiger partial charge is 0.361 e. The van der Waals surface area contributed by atoms with Crippen LogP contribution in [0.4, 0.5) is 0 Å². The Labute approximate surface area is 166 Å². The lowest BCUT2D eigenvalue weighted by atomic mass is 10.1. The summed E-state index contributed by atoms with van der Waals surface area (Å²) >= 11 is 0. The molecule has 1 saturated heterocycles. The Hall–Kier alpha value is -2.44. The number of allylic oxidation sites excluding steroid dienone is 1. The minimum Gasteiger partial charge on any atom is -0.361 e. The van der Waals surface area contributed by atoms with E-state index in [1.165, 1.54) is 61.2 Å². The van der Waals surface area contributed by atoms with E-state index in [-0.39, 0.29) is 0 Å². The minimum absolute atomic E-state index is 1.10. The fraction of sp³-hybridized carbons (Fsp3) is 0.455. The molecule has 0 aliphatic carbocycles. The van der Waals surface area contributed by atoms with E-state index in [2.05, 4.69) is 69.3 Å². The molecule has 0 spiro atoms. The summed E-state index contributed by atoms with van der Waals surface area (Å²) in [5.74, 6) is 0. The molecule has 148 valence electrons. The molecule has 1 aliphatic heterocycles. The van der Waals surface area contributed by atoms with Crippen molar-refractivity contribution in [2.24, 2.45) is 0 Å². The topological polar surface area (TPSA) is 53.0 Å². The summed E-state index contributed by atoms with van der Waals surface area (Å²) in [4.78, 5) is 8.57. The quantitative estimate of drug-likeness (QED) is 0.641. The third kappa shape index (κ3) is 4.51. The number of fused-ring (bicyclic) bond motifs is 1. The average molecular weight is 379 g/mol. The first-order valence-electron chi connectivity index (χ1n) is 10.2. The van der Waals surface area contributed by atoms with Gasteiger partial charge in [-0.1, -0.05) is 11.6 Å². The number of benzene rings is 1. The fourth-order valence-corrected chi connectivity index (χ4v) is 3.87. The number of nitrogens with one attached hydrogen (secondary N) is 1. The second-order valence-corrected chi connectivity index (χ2v) is 7.94. The van der Waals surface area contributed by atoms with Crippen molar-refractivity contribution in [3.63, 3.8) is 0 Å². The number of piperazine rings is 1. The third-order valence-electron chi connectivity index (χ3n) is 5.61. The van der Waals surface area contributed by atoms with Crippen LogP contribution in [0.1, 0.15) is 25.8 Å². The van der Waals surface area contributed by atoms with Gasteiger partial charge in [0.05, 0.1) is 0 Å². The lowest BCUT2D eigenvalue weighted by molar-refractivity contribution is 0.141. The predicted octanol–water partition coefficient (Wildman–Crippen LogP) is 3.27. The highest BCUT2D eigenvalue weighted by molar-refractivity contribution is 5.85. The van der Waals surface area contributed by atoms with Crippen molar-refractivity contribution in [1.29, 1.82) is 0 Å². The van der Waals surface area contributed by atoms with E-state index in [4.69, 9.17) is 0 Å². The minimum atomic E-state index is 1.10. The van der Waals surface area contributed by atoms with Gasteiger partial charge < -0.3 is 9.88 Å². The molecule has 0 unspecified atom stereocenters. The number of rotatable bonds is 7. The van der Waals surface area contributed by atoms with Gasteiger partial charge in [-0.15, -0.1) is 10.2 Å². The van der Waals surface area contributed by atoms with Gasteiger partial charge in [0.15, 0.2) is 0 Å². The van der Waals surface area contributed by atoms with Crippen molar-refractivity contribution >= 4 is 10.9 Å². The fourth-order valence-electron chi connectivity index (χ4n) is 3.87. The lowest BCUT2D eigenvalue weighted by Crippen LogP contribution is -2.46. The van der Waals surface area contributed by atoms with E-state index in [1.54, 1.807) is 12.7 Å². The van der Waals surface area contributed by atoms with E-state index >= 15 is 0 Å². The number of H-pyrrole nitrogens is 1. The molecule has 1 aliphatic rings. The zero-order valence-corrected chi connectivity index (χ0v) is 16.9. The van der Waals surface area contributed by atoms with Crippen molar-refractivity contribution in [1.82, 2.24) is 29.5 Å². The molecule has 0 radical (unpaired) electrons. The molecule has 3 heterocycles. The molecule has 1 N–H and O–H groups in total. The van der Waals surface area contributed by atoms with Gasteiger partial charge in [-0.05, 0) is 57.0 Å². The maximum Gasteiger partial charge on any atom is 0.123 e. The van der Waals surface area contributed by atoms with E-state index in [1.807, 2.05) is 4.57 Å². The molecule has 28 heavy (non-hydrogen) atoms. The monoisotopic (exact) mass is 378 g/mol. The molecule has 0 bridgehead atoms. The number of hydrogen-bond acceptors (Lipinski definition) is 4. The summed E-state index contributed by atoms with van der Waals surface area (Å²) in [5, 5.41) is 9.12. The highest BCUT2D eigenvalue weighted by atomic mass is 15.3. The van der Waals surface area contributed by atoms with Crippen molar-refractivity contribution in [3.05, 3.63) is 54.3 Å². The molecule has 1 aromatic carbocycles. The molecular formula is C22H30N6. The molecule has 6 nitrogen and oxygen atoms in total. The van der Waals surface area contributed by atoms with Crippen LogP contribution in [0.5, 0.6) is 0 Å². The zero-order chi connectivity index (χ0) is 19.3. The summed E-state index contributed by atoms with van der Waals surface area (Å²) in [5.41, 5.74) is 5.10. The van der Waals surface area contributed by atoms with Crippen LogP contribution in [-0.4, -0.2) is 68.8 Å². The average Bonchev–Trinajstić information content (AvgIpc) is 3.37. The Balaban J connectivity index is 1.30. The van der Waals surface area contributed by atoms with Crippen LogP contribution in [0.25, 0.3) is 16.6 Å². The highest BCUT2D eigenvalue weighted by Crippen LogP contribution is 2.23. The Morgan fingerprint density at radius 2 is 1.82 bits per heavy atom. The first-order chi connectivity index (χ1) is 13.7. The van der Waals surface area contributed by atoms with Gasteiger partial charge in [-0.2, -0.15) is 0 Å². The molecule has 1 fully saturated rings. The lowest BCUT2D eigenvalue weighted by Gasteiger charge is -2.34. The Bertz CT molecular complexity index is 912. The van der Waals surface area contributed by atoms with Crippen LogP contribution in [0.2, 0.25) is 0 Å². The number of nitrogens with zero attached hydrogens (tertiary/aromatic N) is 5. The van der Waals surface area contributed by atoms with E-state index in [0.29, 0.717) is 0 Å². The van der Waals surface area contributed by atoms with Crippen LogP contribution in [0.3, 0.4) is 0 Å². The van der Waals surface area contributed by atoms with Crippen LogP contribution in [0.15, 0.2) is 48.7 Å². The number of aromatic amines is 1. The summed E-state index contributed by atoms with van der Waals surface area (Å²) in [6.45, 7) is 11.4. The second-order valence-electron chi connectivity index (χ2n) is 7.94. The molecule has 0 saturated carbocycles. The standard InChI is InChI=1S/C22H30N6/c1-18(2)7-9-27-12-10-26(11-13-27)8-3-4-19-15-23-22-6-5-20(14-21(19)22)28-16-24-25-17-28/h5-7,14-17,23H,3-4,8-13H2,1-2H3. The third-order valence-corrected chi connectivity index (χ3v) is 5.61. The first kappa shape index (κ1) is 18.9. The van der Waals surface area contributed by atoms with E-state index < -0.39 is 0 Å². The van der Waals surface area contributed by atoms with Gasteiger partial charge in [-0.25, -0.2) is 0 Å². The predicted molar refractivity (Wildman–Crippen MR) is 114 cm³/mol. The Morgan fingerprint density at radius 1 is 1.07 bits per heavy atom. The van der Waals surface area contributed by atoms with Gasteiger partial charge in [0.2, 0.25) is 0 Å². The number of aryl methyl sites for hydroxylation is 1. The van der Waals surface area contributed by atoms with E-state index in [9.17, 15) is 0 Å². The molecule has 4 rings (SSSR count). The van der Waals surface area contributed by atoms with Gasteiger partial charge >= 0.3 is 0 Å². The molecule has 3 aromatic rings. The van der Waals surface area contributed by atoms with Gasteiger partial charge in [0.25, 0.3) is 0 Å². The van der Waals surface area contributed by atoms with Crippen LogP contribution in [-0.2, 0) is 6.42 Å². The number of hydrogen-bond donors (Lipinski definition) is 1. The molecule has 6 heteroatoms. The van der Waals surface area contributed by atoms with Crippen molar-refractivity contribution in [2.75, 3.05) is 39.3 Å². The summed E-state index contributed by atoms with van der Waals surface area (Å²) in [6.07, 6.45) is 10.3. The second kappa shape index (κ2) is 8.71. The zero-order valence-electron chi connectivity index (χ0n) is 16.9. The van der Waals surface area contributed by atoms with Crippen LogP contribution < -0.4 is 0 Å². The van der Waals surface area contributed by atoms with Crippen molar-refractivity contribution < 1.29 is 0 Å². The first-order valence-corrected chi connectivity index (χ1v) is 10.2. The summed E-state index contributed by atoms with van der Waals surface area (Å²) < 4.78 is 1.95. The normalized spacial score (nSPS) is 15.9. The Kier molecular flexibility index (Phi) is 5.88. The van der Waals surface area contributed by atoms with Crippen molar-refractivity contribution in [3.8, 4) is 5.69 Å². The summed E-state index contributed by atoms with van der Waals surface area (Å²) in [6, 6.07) is 6.47. The van der Waals surface area contributed by atoms with Crippen LogP contribution in [0, 0.1) is 0 Å². The van der Waals surface area contributed by atoms with E-state index in [0.717, 1.165) is 18.7 Å². The van der Waals surface area contributed by atoms with Crippen LogP contribution >= 0.6 is 0 Å². The van der Waals surface area contributed by atoms with Crippen molar-refractivity contribution in [2.45, 2.75) is 26.7 Å². The van der Waals surface area contributed by atoms with Gasteiger partial charge in [0.1, 0.15) is 12.7 Å². The smallest absolute Gasteiger partial charge is 0.123 e. The molecule has 0 atom stereocenters. The number of aromatic nitrogens is 4. The Morgan fingerprint density at radius 3 is 2.57 bits per heavy atom. The maximum atomic E-state index is 3.91. The molecule has 0 amide bonds. The summed E-state index contributed by atoms with van der Waals surface area (Å²) in [7, 11) is 0. The molecular weight excluding hydrogens is 348 g/mol. The molecule has 2 aromatic heterocycles. The SMILES string of the molecule is CC(C)=CCN1CCN(CCCc2c[nH]c3ccc(-n4cnnc4)cc23)CC1. The highest BCUT2D eigenvalue weighted by Gasteiger charge is 2.15. The van der Waals surface area contributed by atoms with Gasteiger partial charge in [-0.3, -0.25) is 9.47 Å².